The van der Waals surface area contributed by atoms with Crippen molar-refractivity contribution < 1.29 is 20.1 Å². The molecule has 0 spiro atoms. The first-order valence-corrected chi connectivity index (χ1v) is 5.70. The van der Waals surface area contributed by atoms with Crippen molar-refractivity contribution in [1.29, 1.82) is 0 Å². The number of aliphatic hydroxyl groups is 3. The smallest absolute Gasteiger partial charge is 0.183 e. The molecule has 2 aromatic heterocycles. The number of imidazole rings is 1. The van der Waals surface area contributed by atoms with Gasteiger partial charge in [-0.1, -0.05) is 0 Å². The summed E-state index contributed by atoms with van der Waals surface area (Å²) in [6, 6.07) is 0. The van der Waals surface area contributed by atoms with Crippen LogP contribution in [0, 0.1) is 0 Å². The van der Waals surface area contributed by atoms with E-state index in [1.165, 1.54) is 6.33 Å². The van der Waals surface area contributed by atoms with Gasteiger partial charge in [0.15, 0.2) is 17.3 Å². The molecule has 1 fully saturated rings. The van der Waals surface area contributed by atoms with Gasteiger partial charge in [-0.3, -0.25) is 0 Å². The molecular weight excluding hydrogens is 254 g/mol. The van der Waals surface area contributed by atoms with Crippen molar-refractivity contribution in [3.05, 3.63) is 12.2 Å². The molecule has 0 saturated carbocycles. The van der Waals surface area contributed by atoms with E-state index in [2.05, 4.69) is 19.9 Å². The highest BCUT2D eigenvalue weighted by atomic mass is 16.6. The number of anilines is 1. The SMILES string of the molecule is Nc1nc([C@@H]2O[C@@H](CO)[C@@H](O)[C@H]2O)nc2nc[nH]c12. The number of hydrogen-bond donors (Lipinski definition) is 5. The lowest BCUT2D eigenvalue weighted by molar-refractivity contribution is -0.0251. The first-order valence-electron chi connectivity index (χ1n) is 5.70. The first-order chi connectivity index (χ1) is 9.11. The summed E-state index contributed by atoms with van der Waals surface area (Å²) in [5, 5.41) is 28.6. The van der Waals surface area contributed by atoms with Crippen molar-refractivity contribution in [1.82, 2.24) is 19.9 Å². The number of nitrogens with two attached hydrogens (primary N) is 1. The van der Waals surface area contributed by atoms with Crippen molar-refractivity contribution in [3.8, 4) is 0 Å². The van der Waals surface area contributed by atoms with Crippen molar-refractivity contribution in [3.63, 3.8) is 0 Å². The quantitative estimate of drug-likeness (QED) is 0.423. The van der Waals surface area contributed by atoms with Gasteiger partial charge in [-0.2, -0.15) is 0 Å². The van der Waals surface area contributed by atoms with Gasteiger partial charge in [-0.15, -0.1) is 0 Å². The Bertz CT molecular complexity index is 603. The van der Waals surface area contributed by atoms with Crippen molar-refractivity contribution in [2.45, 2.75) is 24.4 Å². The summed E-state index contributed by atoms with van der Waals surface area (Å²) in [6.45, 7) is -0.408. The number of nitrogens with one attached hydrogen (secondary N) is 1. The van der Waals surface area contributed by atoms with Crippen LogP contribution in [0.4, 0.5) is 5.82 Å². The van der Waals surface area contributed by atoms with Gasteiger partial charge < -0.3 is 30.8 Å². The lowest BCUT2D eigenvalue weighted by Crippen LogP contribution is -2.32. The molecule has 1 saturated heterocycles. The van der Waals surface area contributed by atoms with Crippen LogP contribution in [-0.2, 0) is 4.74 Å². The summed E-state index contributed by atoms with van der Waals surface area (Å²) < 4.78 is 5.33. The monoisotopic (exact) mass is 267 g/mol. The largest absolute Gasteiger partial charge is 0.394 e. The number of aromatic nitrogens is 4. The fraction of sp³-hybridized carbons (Fsp3) is 0.500. The predicted molar refractivity (Wildman–Crippen MR) is 62.8 cm³/mol. The minimum Gasteiger partial charge on any atom is -0.394 e. The van der Waals surface area contributed by atoms with E-state index in [0.29, 0.717) is 11.2 Å². The number of aliphatic hydroxyl groups excluding tert-OH is 3. The third-order valence-corrected chi connectivity index (χ3v) is 3.13. The molecule has 1 aliphatic rings. The van der Waals surface area contributed by atoms with E-state index in [9.17, 15) is 10.2 Å². The van der Waals surface area contributed by atoms with Crippen LogP contribution >= 0.6 is 0 Å². The Hall–Kier alpha value is -1.81. The number of H-pyrrole nitrogens is 1. The summed E-state index contributed by atoms with van der Waals surface area (Å²) in [5.74, 6) is 0.301. The van der Waals surface area contributed by atoms with Gasteiger partial charge in [0.1, 0.15) is 29.9 Å². The van der Waals surface area contributed by atoms with Gasteiger partial charge in [0.05, 0.1) is 12.9 Å². The fourth-order valence-electron chi connectivity index (χ4n) is 2.11. The van der Waals surface area contributed by atoms with Gasteiger partial charge in [0.2, 0.25) is 0 Å². The molecule has 2 aromatic rings. The molecule has 102 valence electrons. The van der Waals surface area contributed by atoms with E-state index >= 15 is 0 Å². The molecule has 0 bridgehead atoms. The van der Waals surface area contributed by atoms with Crippen LogP contribution in [0.1, 0.15) is 11.9 Å². The number of ether oxygens (including phenoxy) is 1. The molecule has 0 unspecified atom stereocenters. The highest BCUT2D eigenvalue weighted by Gasteiger charge is 2.44. The van der Waals surface area contributed by atoms with Gasteiger partial charge in [0, 0.05) is 0 Å². The maximum Gasteiger partial charge on any atom is 0.183 e. The topological polar surface area (TPSA) is 150 Å². The van der Waals surface area contributed by atoms with Gasteiger partial charge in [0.25, 0.3) is 0 Å². The third-order valence-electron chi connectivity index (χ3n) is 3.13. The van der Waals surface area contributed by atoms with Gasteiger partial charge in [-0.25, -0.2) is 15.0 Å². The van der Waals surface area contributed by atoms with Crippen molar-refractivity contribution in [2.24, 2.45) is 0 Å². The average molecular weight is 267 g/mol. The Kier molecular flexibility index (Phi) is 2.82. The highest BCUT2D eigenvalue weighted by Crippen LogP contribution is 2.32. The molecule has 0 radical (unpaired) electrons. The molecule has 9 heteroatoms. The summed E-state index contributed by atoms with van der Waals surface area (Å²) >= 11 is 0. The normalized spacial score (nSPS) is 31.1. The van der Waals surface area contributed by atoms with Crippen LogP contribution in [0.25, 0.3) is 11.2 Å². The van der Waals surface area contributed by atoms with Crippen molar-refractivity contribution in [2.75, 3.05) is 12.3 Å². The van der Waals surface area contributed by atoms with E-state index in [0.717, 1.165) is 0 Å². The highest BCUT2D eigenvalue weighted by molar-refractivity contribution is 5.80. The summed E-state index contributed by atoms with van der Waals surface area (Å²) in [7, 11) is 0. The van der Waals surface area contributed by atoms with E-state index < -0.39 is 31.0 Å². The molecular formula is C10H13N5O4. The summed E-state index contributed by atoms with van der Waals surface area (Å²) in [5.41, 5.74) is 6.59. The number of nitrogens with zero attached hydrogens (tertiary/aromatic N) is 3. The molecule has 3 heterocycles. The Morgan fingerprint density at radius 1 is 1.32 bits per heavy atom. The number of aromatic amines is 1. The molecule has 0 aliphatic carbocycles. The summed E-state index contributed by atoms with van der Waals surface area (Å²) in [6.07, 6.45) is -2.82. The first kappa shape index (κ1) is 12.2. The molecule has 3 rings (SSSR count). The zero-order chi connectivity index (χ0) is 13.6. The predicted octanol–water partition coefficient (Wildman–Crippen LogP) is -1.91. The maximum absolute atomic E-state index is 9.89. The number of rotatable bonds is 2. The molecule has 1 aliphatic heterocycles. The minimum atomic E-state index is -1.23. The van der Waals surface area contributed by atoms with Crippen LogP contribution in [0.2, 0.25) is 0 Å². The zero-order valence-electron chi connectivity index (χ0n) is 9.76. The lowest BCUT2D eigenvalue weighted by atomic mass is 10.1. The Balaban J connectivity index is 2.00. The van der Waals surface area contributed by atoms with E-state index in [1.807, 2.05) is 0 Å². The molecule has 6 N–H and O–H groups in total. The number of nitrogen functional groups attached to an aromatic ring is 1. The Morgan fingerprint density at radius 3 is 2.79 bits per heavy atom. The second kappa shape index (κ2) is 4.38. The maximum atomic E-state index is 9.89. The van der Waals surface area contributed by atoms with E-state index in [-0.39, 0.29) is 11.6 Å². The third kappa shape index (κ3) is 1.83. The van der Waals surface area contributed by atoms with Gasteiger partial charge >= 0.3 is 0 Å². The molecule has 0 aromatic carbocycles. The molecule has 9 nitrogen and oxygen atoms in total. The molecule has 0 amide bonds. The number of hydrogen-bond acceptors (Lipinski definition) is 8. The Labute approximate surface area is 107 Å². The second-order valence-corrected chi connectivity index (χ2v) is 4.33. The van der Waals surface area contributed by atoms with E-state index in [4.69, 9.17) is 15.6 Å². The van der Waals surface area contributed by atoms with Crippen LogP contribution in [0.3, 0.4) is 0 Å². The minimum absolute atomic E-state index is 0.125. The molecule has 4 atom stereocenters. The standard InChI is InChI=1S/C10H13N5O4/c11-8-4-9(13-2-12-4)15-10(14-8)7-6(18)5(17)3(1-16)19-7/h2-3,5-7,16-18H,1H2,(H3,11,12,13,14,15)/t3-,5+,6+,7+/m0/s1. The molecule has 19 heavy (non-hydrogen) atoms. The van der Waals surface area contributed by atoms with Crippen LogP contribution in [-0.4, -0.2) is 60.2 Å². The second-order valence-electron chi connectivity index (χ2n) is 4.33. The van der Waals surface area contributed by atoms with Crippen LogP contribution < -0.4 is 5.73 Å². The zero-order valence-corrected chi connectivity index (χ0v) is 9.76. The average Bonchev–Trinajstić information content (AvgIpc) is 2.96. The van der Waals surface area contributed by atoms with E-state index in [1.54, 1.807) is 0 Å². The van der Waals surface area contributed by atoms with Crippen LogP contribution in [0.15, 0.2) is 6.33 Å². The van der Waals surface area contributed by atoms with Gasteiger partial charge in [-0.05, 0) is 0 Å². The Morgan fingerprint density at radius 2 is 2.11 bits per heavy atom. The lowest BCUT2D eigenvalue weighted by Gasteiger charge is -2.13. The fourth-order valence-corrected chi connectivity index (χ4v) is 2.11. The number of fused-ring (bicyclic) bond motifs is 1. The van der Waals surface area contributed by atoms with Crippen LogP contribution in [0.5, 0.6) is 0 Å². The summed E-state index contributed by atoms with van der Waals surface area (Å²) in [4.78, 5) is 14.9. The van der Waals surface area contributed by atoms with Crippen molar-refractivity contribution >= 4 is 17.0 Å².